The molecule has 2 aliphatic rings. The van der Waals surface area contributed by atoms with Gasteiger partial charge in [-0.1, -0.05) is 6.07 Å². The third-order valence-corrected chi connectivity index (χ3v) is 4.50. The topological polar surface area (TPSA) is 51.0 Å². The van der Waals surface area contributed by atoms with Crippen molar-refractivity contribution < 1.29 is 4.79 Å². The Bertz CT molecular complexity index is 666. The predicted octanol–water partition coefficient (Wildman–Crippen LogP) is 1.99. The molecule has 4 rings (SSSR count). The Balaban J connectivity index is 1.44. The lowest BCUT2D eigenvalue weighted by atomic mass is 10.2. The van der Waals surface area contributed by atoms with E-state index in [2.05, 4.69) is 27.1 Å². The van der Waals surface area contributed by atoms with Gasteiger partial charge in [0.15, 0.2) is 5.78 Å². The Labute approximate surface area is 123 Å². The van der Waals surface area contributed by atoms with Gasteiger partial charge < -0.3 is 4.90 Å². The summed E-state index contributed by atoms with van der Waals surface area (Å²) in [4.78, 5) is 18.2. The first kappa shape index (κ1) is 12.6. The van der Waals surface area contributed by atoms with Crippen molar-refractivity contribution in [1.82, 2.24) is 14.8 Å². The number of aromatic nitrogens is 3. The van der Waals surface area contributed by atoms with Crippen molar-refractivity contribution in [3.05, 3.63) is 41.9 Å². The van der Waals surface area contributed by atoms with E-state index in [0.29, 0.717) is 12.1 Å². The number of carbonyl (C=O) groups excluding carboxylic acids is 1. The summed E-state index contributed by atoms with van der Waals surface area (Å²) in [6, 6.07) is 4.19. The van der Waals surface area contributed by atoms with Crippen LogP contribution in [0.25, 0.3) is 0 Å². The molecule has 1 saturated carbocycles. The number of piperidine rings is 1. The molecule has 0 radical (unpaired) electrons. The molecular weight excluding hydrogens is 264 g/mol. The smallest absolute Gasteiger partial charge is 0.162 e. The number of ketones is 1. The second-order valence-corrected chi connectivity index (χ2v) is 6.17. The van der Waals surface area contributed by atoms with E-state index >= 15 is 0 Å². The number of hydrogen-bond donors (Lipinski definition) is 0. The van der Waals surface area contributed by atoms with Gasteiger partial charge in [-0.25, -0.2) is 4.98 Å². The van der Waals surface area contributed by atoms with Crippen molar-refractivity contribution in [3.8, 4) is 0 Å². The number of anilines is 1. The molecule has 0 N–H and O–H groups in total. The SMILES string of the molecule is CC(=O)c1cnn(Cc2ccc(N3CC4CC4C3)nc2)c1. The van der Waals surface area contributed by atoms with E-state index in [9.17, 15) is 4.79 Å². The predicted molar refractivity (Wildman–Crippen MR) is 79.4 cm³/mol. The normalized spacial score (nSPS) is 23.2. The molecule has 2 unspecified atom stereocenters. The molecule has 108 valence electrons. The van der Waals surface area contributed by atoms with Crippen LogP contribution < -0.4 is 4.90 Å². The minimum absolute atomic E-state index is 0.0438. The largest absolute Gasteiger partial charge is 0.356 e. The molecule has 1 saturated heterocycles. The van der Waals surface area contributed by atoms with Gasteiger partial charge in [-0.2, -0.15) is 5.10 Å². The highest BCUT2D eigenvalue weighted by atomic mass is 16.1. The highest BCUT2D eigenvalue weighted by Gasteiger charge is 2.45. The molecule has 2 aromatic heterocycles. The van der Waals surface area contributed by atoms with Crippen molar-refractivity contribution in [2.24, 2.45) is 11.8 Å². The van der Waals surface area contributed by atoms with E-state index in [0.717, 1.165) is 36.3 Å². The molecule has 0 spiro atoms. The highest BCUT2D eigenvalue weighted by molar-refractivity contribution is 5.93. The second kappa shape index (κ2) is 4.69. The van der Waals surface area contributed by atoms with Gasteiger partial charge in [0, 0.05) is 25.5 Å². The van der Waals surface area contributed by atoms with Crippen molar-refractivity contribution in [2.45, 2.75) is 19.9 Å². The Morgan fingerprint density at radius 2 is 2.10 bits per heavy atom. The molecule has 1 aliphatic carbocycles. The molecule has 1 aliphatic heterocycles. The van der Waals surface area contributed by atoms with Crippen molar-refractivity contribution in [3.63, 3.8) is 0 Å². The molecular formula is C16H18N4O. The standard InChI is InChI=1S/C16H18N4O/c1-11(21)15-6-18-20(10-15)7-12-2-3-16(17-5-12)19-8-13-4-14(13)9-19/h2-3,5-6,10,13-14H,4,7-9H2,1H3. The van der Waals surface area contributed by atoms with E-state index in [1.807, 2.05) is 6.20 Å². The van der Waals surface area contributed by atoms with Gasteiger partial charge in [-0.3, -0.25) is 9.48 Å². The van der Waals surface area contributed by atoms with Crippen LogP contribution in [-0.4, -0.2) is 33.6 Å². The van der Waals surface area contributed by atoms with Crippen LogP contribution in [0.2, 0.25) is 0 Å². The zero-order chi connectivity index (χ0) is 14.4. The summed E-state index contributed by atoms with van der Waals surface area (Å²) in [6.45, 7) is 4.53. The van der Waals surface area contributed by atoms with Crippen molar-refractivity contribution in [1.29, 1.82) is 0 Å². The number of fused-ring (bicyclic) bond motifs is 1. The Morgan fingerprint density at radius 3 is 2.71 bits per heavy atom. The third-order valence-electron chi connectivity index (χ3n) is 4.50. The number of hydrogen-bond acceptors (Lipinski definition) is 4. The van der Waals surface area contributed by atoms with Crippen molar-refractivity contribution in [2.75, 3.05) is 18.0 Å². The van der Waals surface area contributed by atoms with Crippen molar-refractivity contribution >= 4 is 11.6 Å². The van der Waals surface area contributed by atoms with Crippen LogP contribution >= 0.6 is 0 Å². The molecule has 2 fully saturated rings. The number of rotatable bonds is 4. The van der Waals surface area contributed by atoms with E-state index in [1.165, 1.54) is 6.42 Å². The van der Waals surface area contributed by atoms with Crippen LogP contribution in [0.3, 0.4) is 0 Å². The molecule has 2 aromatic rings. The fourth-order valence-electron chi connectivity index (χ4n) is 3.10. The summed E-state index contributed by atoms with van der Waals surface area (Å²) < 4.78 is 1.78. The maximum absolute atomic E-state index is 11.3. The van der Waals surface area contributed by atoms with Crippen LogP contribution in [-0.2, 0) is 6.54 Å². The van der Waals surface area contributed by atoms with Crippen LogP contribution in [0, 0.1) is 11.8 Å². The number of pyridine rings is 1. The van der Waals surface area contributed by atoms with Gasteiger partial charge in [-0.05, 0) is 36.8 Å². The summed E-state index contributed by atoms with van der Waals surface area (Å²) in [5, 5.41) is 4.21. The van der Waals surface area contributed by atoms with E-state index in [1.54, 1.807) is 24.0 Å². The summed E-state index contributed by atoms with van der Waals surface area (Å²) in [6.07, 6.45) is 6.71. The minimum Gasteiger partial charge on any atom is -0.356 e. The van der Waals surface area contributed by atoms with Crippen LogP contribution in [0.1, 0.15) is 29.3 Å². The van der Waals surface area contributed by atoms with Gasteiger partial charge in [0.05, 0.1) is 18.3 Å². The molecule has 2 atom stereocenters. The van der Waals surface area contributed by atoms with Crippen LogP contribution in [0.15, 0.2) is 30.7 Å². The monoisotopic (exact) mass is 282 g/mol. The van der Waals surface area contributed by atoms with Crippen LogP contribution in [0.4, 0.5) is 5.82 Å². The summed E-state index contributed by atoms with van der Waals surface area (Å²) in [7, 11) is 0. The number of carbonyl (C=O) groups is 1. The molecule has 5 nitrogen and oxygen atoms in total. The maximum atomic E-state index is 11.3. The molecule has 0 amide bonds. The van der Waals surface area contributed by atoms with Gasteiger partial charge in [0.2, 0.25) is 0 Å². The zero-order valence-corrected chi connectivity index (χ0v) is 12.1. The fraction of sp³-hybridized carbons (Fsp3) is 0.438. The lowest BCUT2D eigenvalue weighted by molar-refractivity contribution is 0.101. The minimum atomic E-state index is 0.0438. The summed E-state index contributed by atoms with van der Waals surface area (Å²) >= 11 is 0. The van der Waals surface area contributed by atoms with Gasteiger partial charge in [-0.15, -0.1) is 0 Å². The number of Topliss-reactive ketones (excluding diaryl/α,β-unsaturated/α-hetero) is 1. The molecule has 5 heteroatoms. The zero-order valence-electron chi connectivity index (χ0n) is 12.1. The summed E-state index contributed by atoms with van der Waals surface area (Å²) in [5.41, 5.74) is 1.75. The number of nitrogens with zero attached hydrogens (tertiary/aromatic N) is 4. The average Bonchev–Trinajstić information content (AvgIpc) is 2.90. The molecule has 21 heavy (non-hydrogen) atoms. The summed E-state index contributed by atoms with van der Waals surface area (Å²) in [5.74, 6) is 2.96. The quantitative estimate of drug-likeness (QED) is 0.805. The highest BCUT2D eigenvalue weighted by Crippen LogP contribution is 2.45. The second-order valence-electron chi connectivity index (χ2n) is 6.17. The lowest BCUT2D eigenvalue weighted by Crippen LogP contribution is -2.22. The van der Waals surface area contributed by atoms with E-state index < -0.39 is 0 Å². The first-order valence-corrected chi connectivity index (χ1v) is 7.42. The van der Waals surface area contributed by atoms with Gasteiger partial charge in [0.1, 0.15) is 5.82 Å². The molecule has 0 bridgehead atoms. The first-order chi connectivity index (χ1) is 10.2. The van der Waals surface area contributed by atoms with E-state index in [-0.39, 0.29) is 5.78 Å². The molecule has 3 heterocycles. The first-order valence-electron chi connectivity index (χ1n) is 7.42. The molecule has 0 aromatic carbocycles. The lowest BCUT2D eigenvalue weighted by Gasteiger charge is -2.18. The van der Waals surface area contributed by atoms with Gasteiger partial charge >= 0.3 is 0 Å². The van der Waals surface area contributed by atoms with Gasteiger partial charge in [0.25, 0.3) is 0 Å². The maximum Gasteiger partial charge on any atom is 0.162 e. The Hall–Kier alpha value is -2.17. The average molecular weight is 282 g/mol. The third kappa shape index (κ3) is 2.44. The fourth-order valence-corrected chi connectivity index (χ4v) is 3.10. The van der Waals surface area contributed by atoms with E-state index in [4.69, 9.17) is 0 Å². The van der Waals surface area contributed by atoms with Crippen LogP contribution in [0.5, 0.6) is 0 Å². The Morgan fingerprint density at radius 1 is 1.29 bits per heavy atom. The Kier molecular flexibility index (Phi) is 2.80.